The molecule has 132 valence electrons. The van der Waals surface area contributed by atoms with Crippen molar-refractivity contribution in [2.24, 2.45) is 13.0 Å². The van der Waals surface area contributed by atoms with Crippen LogP contribution in [0.5, 0.6) is 0 Å². The molecule has 0 radical (unpaired) electrons. The Morgan fingerprint density at radius 2 is 1.96 bits per heavy atom. The lowest BCUT2D eigenvalue weighted by atomic mass is 10.0. The van der Waals surface area contributed by atoms with E-state index in [-0.39, 0.29) is 29.6 Å². The van der Waals surface area contributed by atoms with Crippen molar-refractivity contribution in [3.05, 3.63) is 52.6 Å². The summed E-state index contributed by atoms with van der Waals surface area (Å²) in [7, 11) is 1.96. The third kappa shape index (κ3) is 2.75. The van der Waals surface area contributed by atoms with Crippen molar-refractivity contribution in [2.75, 3.05) is 6.54 Å². The first-order chi connectivity index (χ1) is 12.0. The SMILES string of the molecule is Cc1nn(C)c(C)c1[C@@H]1CCCN1C(=O)[C@@H]1C[C@@H]1c1ccc(F)cc1. The van der Waals surface area contributed by atoms with Crippen LogP contribution in [-0.2, 0) is 11.8 Å². The van der Waals surface area contributed by atoms with Crippen molar-refractivity contribution in [2.45, 2.75) is 45.1 Å². The highest BCUT2D eigenvalue weighted by Crippen LogP contribution is 2.50. The largest absolute Gasteiger partial charge is 0.335 e. The van der Waals surface area contributed by atoms with E-state index in [1.807, 2.05) is 30.8 Å². The first-order valence-corrected chi connectivity index (χ1v) is 9.03. The lowest BCUT2D eigenvalue weighted by Crippen LogP contribution is -2.32. The minimum Gasteiger partial charge on any atom is -0.335 e. The molecule has 2 heterocycles. The van der Waals surface area contributed by atoms with Crippen LogP contribution in [0.2, 0.25) is 0 Å². The molecule has 4 nitrogen and oxygen atoms in total. The molecule has 2 aliphatic rings. The number of hydrogen-bond acceptors (Lipinski definition) is 2. The summed E-state index contributed by atoms with van der Waals surface area (Å²) in [6.45, 7) is 4.93. The van der Waals surface area contributed by atoms with Gasteiger partial charge in [-0.3, -0.25) is 9.48 Å². The average Bonchev–Trinajstić information content (AvgIpc) is 3.17. The zero-order chi connectivity index (χ0) is 17.7. The second-order valence-electron chi connectivity index (χ2n) is 7.40. The van der Waals surface area contributed by atoms with Gasteiger partial charge >= 0.3 is 0 Å². The summed E-state index contributed by atoms with van der Waals surface area (Å²) in [5.41, 5.74) is 4.46. The molecule has 4 rings (SSSR count). The van der Waals surface area contributed by atoms with Gasteiger partial charge in [0.05, 0.1) is 11.7 Å². The number of benzene rings is 1. The molecule has 2 fully saturated rings. The van der Waals surface area contributed by atoms with E-state index in [9.17, 15) is 9.18 Å². The highest BCUT2D eigenvalue weighted by Gasteiger charge is 2.48. The average molecular weight is 341 g/mol. The van der Waals surface area contributed by atoms with E-state index in [0.717, 1.165) is 42.8 Å². The molecule has 0 N–H and O–H groups in total. The van der Waals surface area contributed by atoms with Crippen LogP contribution in [0.15, 0.2) is 24.3 Å². The van der Waals surface area contributed by atoms with E-state index in [1.165, 1.54) is 17.7 Å². The fraction of sp³-hybridized carbons (Fsp3) is 0.500. The number of hydrogen-bond donors (Lipinski definition) is 0. The topological polar surface area (TPSA) is 38.1 Å². The Kier molecular flexibility index (Phi) is 3.89. The molecule has 5 heteroatoms. The summed E-state index contributed by atoms with van der Waals surface area (Å²) >= 11 is 0. The number of nitrogens with zero attached hydrogens (tertiary/aromatic N) is 3. The van der Waals surface area contributed by atoms with E-state index in [4.69, 9.17) is 0 Å². The normalized spacial score (nSPS) is 25.4. The maximum Gasteiger partial charge on any atom is 0.226 e. The second-order valence-corrected chi connectivity index (χ2v) is 7.40. The highest BCUT2D eigenvalue weighted by molar-refractivity contribution is 5.83. The summed E-state index contributed by atoms with van der Waals surface area (Å²) in [4.78, 5) is 15.2. The molecule has 0 spiro atoms. The number of aryl methyl sites for hydroxylation is 2. The Morgan fingerprint density at radius 3 is 2.60 bits per heavy atom. The van der Waals surface area contributed by atoms with Crippen LogP contribution < -0.4 is 0 Å². The van der Waals surface area contributed by atoms with Gasteiger partial charge in [0.25, 0.3) is 0 Å². The molecule has 2 aromatic rings. The van der Waals surface area contributed by atoms with Gasteiger partial charge in [0, 0.05) is 30.8 Å². The number of aromatic nitrogens is 2. The van der Waals surface area contributed by atoms with Crippen molar-refractivity contribution in [3.8, 4) is 0 Å². The van der Waals surface area contributed by atoms with Gasteiger partial charge < -0.3 is 4.90 Å². The summed E-state index contributed by atoms with van der Waals surface area (Å²) in [5.74, 6) is 0.308. The Labute approximate surface area is 147 Å². The van der Waals surface area contributed by atoms with Gasteiger partial charge in [0.15, 0.2) is 0 Å². The van der Waals surface area contributed by atoms with Gasteiger partial charge in [-0.1, -0.05) is 12.1 Å². The first kappa shape index (κ1) is 16.3. The number of likely N-dealkylation sites (tertiary alicyclic amines) is 1. The molecule has 0 unspecified atom stereocenters. The monoisotopic (exact) mass is 341 g/mol. The van der Waals surface area contributed by atoms with Gasteiger partial charge in [0.1, 0.15) is 5.82 Å². The van der Waals surface area contributed by atoms with Crippen LogP contribution in [-0.4, -0.2) is 27.1 Å². The number of rotatable bonds is 3. The fourth-order valence-corrected chi connectivity index (χ4v) is 4.36. The Bertz CT molecular complexity index is 811. The maximum absolute atomic E-state index is 13.1. The predicted octanol–water partition coefficient (Wildman–Crippen LogP) is 3.64. The molecule has 25 heavy (non-hydrogen) atoms. The zero-order valence-corrected chi connectivity index (χ0v) is 15.0. The van der Waals surface area contributed by atoms with Crippen molar-refractivity contribution in [3.63, 3.8) is 0 Å². The van der Waals surface area contributed by atoms with E-state index in [0.29, 0.717) is 0 Å². The third-order valence-electron chi connectivity index (χ3n) is 5.84. The van der Waals surface area contributed by atoms with Crippen molar-refractivity contribution in [1.82, 2.24) is 14.7 Å². The summed E-state index contributed by atoms with van der Waals surface area (Å²) < 4.78 is 15.0. The van der Waals surface area contributed by atoms with Crippen molar-refractivity contribution < 1.29 is 9.18 Å². The lowest BCUT2D eigenvalue weighted by molar-refractivity contribution is -0.133. The van der Waals surface area contributed by atoms with E-state index >= 15 is 0 Å². The van der Waals surface area contributed by atoms with Crippen LogP contribution in [0.25, 0.3) is 0 Å². The van der Waals surface area contributed by atoms with Crippen LogP contribution in [0.3, 0.4) is 0 Å². The molecular formula is C20H24FN3O. The molecule has 1 aromatic carbocycles. The van der Waals surface area contributed by atoms with Crippen LogP contribution in [0.1, 0.15) is 53.7 Å². The minimum absolute atomic E-state index is 0.0448. The van der Waals surface area contributed by atoms with Gasteiger partial charge in [0.2, 0.25) is 5.91 Å². The van der Waals surface area contributed by atoms with E-state index < -0.39 is 0 Å². The number of halogens is 1. The standard InChI is InChI=1S/C20H24FN3O/c1-12-19(13(2)23(3)22-12)18-5-4-10-24(18)20(25)17-11-16(17)14-6-8-15(21)9-7-14/h6-9,16-18H,4-5,10-11H2,1-3H3/t16-,17-,18+/m1/s1. The van der Waals surface area contributed by atoms with Crippen LogP contribution in [0, 0.1) is 25.6 Å². The molecule has 1 aliphatic carbocycles. The van der Waals surface area contributed by atoms with E-state index in [2.05, 4.69) is 16.9 Å². The number of amides is 1. The quantitative estimate of drug-likeness (QED) is 0.855. The Morgan fingerprint density at radius 1 is 1.24 bits per heavy atom. The van der Waals surface area contributed by atoms with Gasteiger partial charge in [-0.2, -0.15) is 5.10 Å². The Hall–Kier alpha value is -2.17. The van der Waals surface area contributed by atoms with Gasteiger partial charge in [-0.05, 0) is 56.7 Å². The molecule has 1 amide bonds. The third-order valence-corrected chi connectivity index (χ3v) is 5.84. The minimum atomic E-state index is -0.227. The van der Waals surface area contributed by atoms with Crippen molar-refractivity contribution in [1.29, 1.82) is 0 Å². The molecule has 1 aromatic heterocycles. The molecule has 1 saturated heterocycles. The summed E-state index contributed by atoms with van der Waals surface area (Å²) in [6, 6.07) is 6.73. The Balaban J connectivity index is 1.53. The maximum atomic E-state index is 13.1. The van der Waals surface area contributed by atoms with Crippen LogP contribution >= 0.6 is 0 Å². The summed E-state index contributed by atoms with van der Waals surface area (Å²) in [6.07, 6.45) is 2.92. The fourth-order valence-electron chi connectivity index (χ4n) is 4.36. The zero-order valence-electron chi connectivity index (χ0n) is 15.0. The highest BCUT2D eigenvalue weighted by atomic mass is 19.1. The van der Waals surface area contributed by atoms with E-state index in [1.54, 1.807) is 0 Å². The molecule has 1 saturated carbocycles. The molecular weight excluding hydrogens is 317 g/mol. The van der Waals surface area contributed by atoms with Gasteiger partial charge in [-0.25, -0.2) is 4.39 Å². The first-order valence-electron chi connectivity index (χ1n) is 9.03. The smallest absolute Gasteiger partial charge is 0.226 e. The molecule has 1 aliphatic heterocycles. The number of carbonyl (C=O) groups excluding carboxylic acids is 1. The lowest BCUT2D eigenvalue weighted by Gasteiger charge is -2.25. The van der Waals surface area contributed by atoms with Gasteiger partial charge in [-0.15, -0.1) is 0 Å². The molecule has 0 bridgehead atoms. The van der Waals surface area contributed by atoms with Crippen molar-refractivity contribution >= 4 is 5.91 Å². The summed E-state index contributed by atoms with van der Waals surface area (Å²) in [5, 5.41) is 4.52. The number of carbonyl (C=O) groups is 1. The van der Waals surface area contributed by atoms with Crippen LogP contribution in [0.4, 0.5) is 4.39 Å². The predicted molar refractivity (Wildman–Crippen MR) is 93.6 cm³/mol. The molecule has 3 atom stereocenters. The second kappa shape index (κ2) is 5.97.